The molecule has 0 radical (unpaired) electrons. The van der Waals surface area contributed by atoms with Crippen molar-refractivity contribution >= 4 is 11.6 Å². The third-order valence-electron chi connectivity index (χ3n) is 4.71. The molecule has 0 saturated heterocycles. The van der Waals surface area contributed by atoms with Crippen molar-refractivity contribution in [3.8, 4) is 5.75 Å². The number of halogens is 1. The standard InChI is InChI=1S/C22H18FN3O3/c1-14-3-5-15(6-4-14)22(27)26-8-7-19-20(12-26)29-21(25-19)13-28-18-10-16(23)9-17(11-18)24-2/h3-6,9-11H,7-8,12-13H2,1H3. The average molecular weight is 391 g/mol. The maximum Gasteiger partial charge on any atom is 0.254 e. The van der Waals surface area contributed by atoms with Crippen molar-refractivity contribution in [3.63, 3.8) is 0 Å². The van der Waals surface area contributed by atoms with Gasteiger partial charge in [-0.1, -0.05) is 17.7 Å². The minimum atomic E-state index is -0.537. The summed E-state index contributed by atoms with van der Waals surface area (Å²) in [5, 5.41) is 0. The van der Waals surface area contributed by atoms with Crippen LogP contribution in [0.1, 0.15) is 33.3 Å². The van der Waals surface area contributed by atoms with Crippen LogP contribution >= 0.6 is 0 Å². The van der Waals surface area contributed by atoms with Gasteiger partial charge in [-0.25, -0.2) is 14.2 Å². The Kier molecular flexibility index (Phi) is 5.00. The van der Waals surface area contributed by atoms with Gasteiger partial charge in [0.25, 0.3) is 5.91 Å². The van der Waals surface area contributed by atoms with Gasteiger partial charge in [0.1, 0.15) is 17.3 Å². The van der Waals surface area contributed by atoms with E-state index in [4.69, 9.17) is 15.7 Å². The summed E-state index contributed by atoms with van der Waals surface area (Å²) in [5.74, 6) is 0.648. The Morgan fingerprint density at radius 2 is 2.10 bits per heavy atom. The highest BCUT2D eigenvalue weighted by atomic mass is 19.1. The fraction of sp³-hybridized carbons (Fsp3) is 0.227. The van der Waals surface area contributed by atoms with Gasteiger partial charge in [0.2, 0.25) is 5.89 Å². The van der Waals surface area contributed by atoms with Gasteiger partial charge in [-0.3, -0.25) is 4.79 Å². The fourth-order valence-corrected chi connectivity index (χ4v) is 3.20. The van der Waals surface area contributed by atoms with E-state index < -0.39 is 5.82 Å². The molecule has 146 valence electrons. The molecule has 29 heavy (non-hydrogen) atoms. The predicted molar refractivity (Wildman–Crippen MR) is 103 cm³/mol. The fourth-order valence-electron chi connectivity index (χ4n) is 3.20. The molecule has 6 nitrogen and oxygen atoms in total. The van der Waals surface area contributed by atoms with Crippen LogP contribution in [0, 0.1) is 19.3 Å². The highest BCUT2D eigenvalue weighted by molar-refractivity contribution is 5.94. The van der Waals surface area contributed by atoms with Crippen LogP contribution in [0.4, 0.5) is 10.1 Å². The summed E-state index contributed by atoms with van der Waals surface area (Å²) in [4.78, 5) is 22.1. The number of amides is 1. The number of rotatable bonds is 4. The molecule has 0 unspecified atom stereocenters. The highest BCUT2D eigenvalue weighted by Gasteiger charge is 2.26. The lowest BCUT2D eigenvalue weighted by Crippen LogP contribution is -2.35. The second-order valence-electron chi connectivity index (χ2n) is 6.87. The molecular weight excluding hydrogens is 373 g/mol. The summed E-state index contributed by atoms with van der Waals surface area (Å²) >= 11 is 0. The predicted octanol–water partition coefficient (Wildman–Crippen LogP) is 4.45. The Bertz CT molecular complexity index is 1100. The molecule has 3 aromatic rings. The first-order valence-electron chi connectivity index (χ1n) is 9.16. The lowest BCUT2D eigenvalue weighted by molar-refractivity contribution is 0.0718. The molecule has 0 saturated carbocycles. The second kappa shape index (κ2) is 7.76. The normalized spacial score (nSPS) is 12.9. The molecule has 1 aromatic heterocycles. The number of oxazole rings is 1. The summed E-state index contributed by atoms with van der Waals surface area (Å²) in [6.07, 6.45) is 0.596. The largest absolute Gasteiger partial charge is 0.485 e. The number of carbonyl (C=O) groups is 1. The van der Waals surface area contributed by atoms with Crippen molar-refractivity contribution in [2.24, 2.45) is 0 Å². The van der Waals surface area contributed by atoms with Gasteiger partial charge < -0.3 is 14.1 Å². The Labute approximate surface area is 167 Å². The van der Waals surface area contributed by atoms with Crippen LogP contribution in [0.5, 0.6) is 5.75 Å². The molecule has 2 heterocycles. The number of ether oxygens (including phenoxy) is 1. The molecule has 1 aliphatic rings. The molecule has 1 amide bonds. The van der Waals surface area contributed by atoms with Crippen LogP contribution < -0.4 is 4.74 Å². The summed E-state index contributed by atoms with van der Waals surface area (Å²) in [5.41, 5.74) is 2.71. The Morgan fingerprint density at radius 1 is 1.31 bits per heavy atom. The van der Waals surface area contributed by atoms with Crippen molar-refractivity contribution in [3.05, 3.63) is 88.2 Å². The molecule has 2 aromatic carbocycles. The van der Waals surface area contributed by atoms with Crippen LogP contribution in [-0.2, 0) is 19.6 Å². The summed E-state index contributed by atoms with van der Waals surface area (Å²) in [7, 11) is 0. The van der Waals surface area contributed by atoms with Crippen molar-refractivity contribution in [1.82, 2.24) is 9.88 Å². The van der Waals surface area contributed by atoms with E-state index in [2.05, 4.69) is 9.83 Å². The minimum Gasteiger partial charge on any atom is -0.485 e. The van der Waals surface area contributed by atoms with E-state index in [9.17, 15) is 9.18 Å². The van der Waals surface area contributed by atoms with E-state index in [0.717, 1.165) is 17.3 Å². The van der Waals surface area contributed by atoms with E-state index in [1.54, 1.807) is 4.90 Å². The van der Waals surface area contributed by atoms with E-state index in [-0.39, 0.29) is 24.0 Å². The Balaban J connectivity index is 1.43. The van der Waals surface area contributed by atoms with E-state index in [0.29, 0.717) is 36.7 Å². The Hall–Kier alpha value is -3.66. The molecule has 4 rings (SSSR count). The van der Waals surface area contributed by atoms with Gasteiger partial charge in [-0.05, 0) is 31.2 Å². The first kappa shape index (κ1) is 18.7. The average Bonchev–Trinajstić information content (AvgIpc) is 3.14. The maximum atomic E-state index is 13.5. The zero-order chi connectivity index (χ0) is 20.4. The third kappa shape index (κ3) is 4.11. The zero-order valence-corrected chi connectivity index (χ0v) is 15.8. The molecule has 0 fully saturated rings. The molecule has 7 heteroatoms. The smallest absolute Gasteiger partial charge is 0.254 e. The molecule has 0 aliphatic carbocycles. The van der Waals surface area contributed by atoms with Crippen LogP contribution in [-0.4, -0.2) is 22.3 Å². The van der Waals surface area contributed by atoms with Gasteiger partial charge in [-0.2, -0.15) is 0 Å². The first-order chi connectivity index (χ1) is 14.0. The monoisotopic (exact) mass is 391 g/mol. The van der Waals surface area contributed by atoms with Crippen molar-refractivity contribution in [2.75, 3.05) is 6.54 Å². The number of benzene rings is 2. The van der Waals surface area contributed by atoms with Gasteiger partial charge in [-0.15, -0.1) is 0 Å². The number of aryl methyl sites for hydroxylation is 1. The first-order valence-corrected chi connectivity index (χ1v) is 9.16. The quantitative estimate of drug-likeness (QED) is 0.617. The van der Waals surface area contributed by atoms with Crippen molar-refractivity contribution < 1.29 is 18.3 Å². The molecule has 0 bridgehead atoms. The van der Waals surface area contributed by atoms with Crippen LogP contribution in [0.2, 0.25) is 0 Å². The van der Waals surface area contributed by atoms with Gasteiger partial charge in [0.05, 0.1) is 18.8 Å². The molecule has 0 spiro atoms. The summed E-state index contributed by atoms with van der Waals surface area (Å²) in [6.45, 7) is 9.88. The van der Waals surface area contributed by atoms with Crippen LogP contribution in [0.3, 0.4) is 0 Å². The van der Waals surface area contributed by atoms with Gasteiger partial charge >= 0.3 is 0 Å². The summed E-state index contributed by atoms with van der Waals surface area (Å²) < 4.78 is 24.8. The number of hydrogen-bond acceptors (Lipinski definition) is 4. The number of carbonyl (C=O) groups excluding carboxylic acids is 1. The third-order valence-corrected chi connectivity index (χ3v) is 4.71. The molecular formula is C22H18FN3O3. The summed E-state index contributed by atoms with van der Waals surface area (Å²) in [6, 6.07) is 11.3. The number of fused-ring (bicyclic) bond motifs is 1. The van der Waals surface area contributed by atoms with Gasteiger partial charge in [0.15, 0.2) is 12.3 Å². The Morgan fingerprint density at radius 3 is 2.86 bits per heavy atom. The van der Waals surface area contributed by atoms with E-state index >= 15 is 0 Å². The lowest BCUT2D eigenvalue weighted by atomic mass is 10.1. The number of aromatic nitrogens is 1. The van der Waals surface area contributed by atoms with Crippen LogP contribution in [0.15, 0.2) is 46.9 Å². The van der Waals surface area contributed by atoms with Crippen LogP contribution in [0.25, 0.3) is 4.85 Å². The highest BCUT2D eigenvalue weighted by Crippen LogP contribution is 2.25. The molecule has 0 atom stereocenters. The van der Waals surface area contributed by atoms with E-state index in [1.807, 2.05) is 31.2 Å². The van der Waals surface area contributed by atoms with Crippen molar-refractivity contribution in [1.29, 1.82) is 0 Å². The van der Waals surface area contributed by atoms with Gasteiger partial charge in [0, 0.05) is 24.6 Å². The maximum absolute atomic E-state index is 13.5. The molecule has 1 aliphatic heterocycles. The second-order valence-corrected chi connectivity index (χ2v) is 6.87. The minimum absolute atomic E-state index is 0.0137. The number of nitrogens with zero attached hydrogens (tertiary/aromatic N) is 3. The van der Waals surface area contributed by atoms with E-state index in [1.165, 1.54) is 12.1 Å². The molecule has 0 N–H and O–H groups in total. The van der Waals surface area contributed by atoms with Crippen molar-refractivity contribution in [2.45, 2.75) is 26.5 Å². The lowest BCUT2D eigenvalue weighted by Gasteiger charge is -2.25. The SMILES string of the molecule is [C-]#[N+]c1cc(F)cc(OCc2nc3c(o2)CN(C(=O)c2ccc(C)cc2)CC3)c1. The topological polar surface area (TPSA) is 59.9 Å². The zero-order valence-electron chi connectivity index (χ0n) is 15.8. The number of hydrogen-bond donors (Lipinski definition) is 0.